The Morgan fingerprint density at radius 1 is 1.05 bits per heavy atom. The van der Waals surface area contributed by atoms with E-state index in [-0.39, 0.29) is 11.0 Å². The summed E-state index contributed by atoms with van der Waals surface area (Å²) >= 11 is 5.00. The Hall–Kier alpha value is -2.15. The molecule has 0 saturated heterocycles. The molecule has 0 atom stereocenters. The molecule has 0 bridgehead atoms. The zero-order valence-electron chi connectivity index (χ0n) is 10.9. The van der Waals surface area contributed by atoms with Crippen molar-refractivity contribution in [3.8, 4) is 0 Å². The van der Waals surface area contributed by atoms with Gasteiger partial charge in [-0.15, -0.1) is 0 Å². The van der Waals surface area contributed by atoms with Crippen LogP contribution in [0.15, 0.2) is 30.3 Å². The van der Waals surface area contributed by atoms with E-state index in [1.165, 1.54) is 0 Å². The molecule has 0 aliphatic rings. The van der Waals surface area contributed by atoms with Gasteiger partial charge in [0.25, 0.3) is 5.91 Å². The number of nitrogens with one attached hydrogen (secondary N) is 3. The molecule has 4 N–H and O–H groups in total. The van der Waals surface area contributed by atoms with Crippen molar-refractivity contribution in [1.29, 1.82) is 0 Å². The van der Waals surface area contributed by atoms with E-state index in [1.54, 1.807) is 24.3 Å². The Balaban J connectivity index is 2.14. The van der Waals surface area contributed by atoms with Crippen molar-refractivity contribution in [1.82, 2.24) is 16.0 Å². The molecule has 2 amide bonds. The predicted octanol–water partition coefficient (Wildman–Crippen LogP) is 1.34. The van der Waals surface area contributed by atoms with E-state index in [1.807, 2.05) is 6.07 Å². The van der Waals surface area contributed by atoms with E-state index in [4.69, 9.17) is 17.3 Å². The zero-order chi connectivity index (χ0) is 14.8. The van der Waals surface area contributed by atoms with Gasteiger partial charge >= 0.3 is 6.09 Å². The number of carbonyl (C=O) groups excluding carboxylic acids is 1. The average Bonchev–Trinajstić information content (AvgIpc) is 2.43. The number of carboxylic acid groups (broad SMARTS) is 1. The maximum Gasteiger partial charge on any atom is 0.404 e. The van der Waals surface area contributed by atoms with Gasteiger partial charge < -0.3 is 15.7 Å². The van der Waals surface area contributed by atoms with Crippen molar-refractivity contribution in [3.05, 3.63) is 35.9 Å². The maximum atomic E-state index is 11.8. The minimum absolute atomic E-state index is 0.254. The standard InChI is InChI=1S/C13H17N3O3S/c17-11(10-6-2-1-3-7-10)16-12(20)14-8-4-5-9-15-13(18)19/h1-3,6-7,15H,4-5,8-9H2,(H,18,19)(H2,14,16,17,20). The monoisotopic (exact) mass is 295 g/mol. The van der Waals surface area contributed by atoms with Crippen LogP contribution in [-0.4, -0.2) is 35.3 Å². The molecule has 0 saturated carbocycles. The molecule has 0 spiro atoms. The molecule has 108 valence electrons. The first kappa shape index (κ1) is 15.9. The molecule has 0 radical (unpaired) electrons. The van der Waals surface area contributed by atoms with Crippen LogP contribution < -0.4 is 16.0 Å². The average molecular weight is 295 g/mol. The SMILES string of the molecule is O=C(O)NCCCCNC(=S)NC(=O)c1ccccc1. The molecule has 1 aromatic carbocycles. The van der Waals surface area contributed by atoms with Gasteiger partial charge in [-0.25, -0.2) is 4.79 Å². The van der Waals surface area contributed by atoms with Gasteiger partial charge in [0.2, 0.25) is 0 Å². The fraction of sp³-hybridized carbons (Fsp3) is 0.308. The second kappa shape index (κ2) is 8.87. The van der Waals surface area contributed by atoms with Crippen LogP contribution in [0.2, 0.25) is 0 Å². The molecular formula is C13H17N3O3S. The summed E-state index contributed by atoms with van der Waals surface area (Å²) in [4.78, 5) is 22.0. The third-order valence-electron chi connectivity index (χ3n) is 2.43. The molecule has 0 aliphatic heterocycles. The Bertz CT molecular complexity index is 465. The highest BCUT2D eigenvalue weighted by molar-refractivity contribution is 7.80. The number of rotatable bonds is 6. The highest BCUT2D eigenvalue weighted by Crippen LogP contribution is 1.97. The summed E-state index contributed by atoms with van der Waals surface area (Å²) in [6.07, 6.45) is 0.430. The Morgan fingerprint density at radius 2 is 1.65 bits per heavy atom. The molecule has 1 rings (SSSR count). The van der Waals surface area contributed by atoms with Crippen LogP contribution in [0.5, 0.6) is 0 Å². The van der Waals surface area contributed by atoms with Gasteiger partial charge in [0.15, 0.2) is 5.11 Å². The maximum absolute atomic E-state index is 11.8. The molecule has 1 aromatic rings. The van der Waals surface area contributed by atoms with E-state index < -0.39 is 6.09 Å². The van der Waals surface area contributed by atoms with Gasteiger partial charge in [-0.3, -0.25) is 10.1 Å². The van der Waals surface area contributed by atoms with Crippen molar-refractivity contribution in [2.24, 2.45) is 0 Å². The van der Waals surface area contributed by atoms with E-state index in [0.29, 0.717) is 25.1 Å². The molecule has 0 heterocycles. The first-order valence-electron chi connectivity index (χ1n) is 6.20. The quantitative estimate of drug-likeness (QED) is 0.470. The van der Waals surface area contributed by atoms with Crippen LogP contribution in [0.3, 0.4) is 0 Å². The van der Waals surface area contributed by atoms with Crippen molar-refractivity contribution in [2.45, 2.75) is 12.8 Å². The lowest BCUT2D eigenvalue weighted by Gasteiger charge is -2.09. The molecule has 7 heteroatoms. The third-order valence-corrected chi connectivity index (χ3v) is 2.67. The van der Waals surface area contributed by atoms with Gasteiger partial charge in [0.05, 0.1) is 0 Å². The molecule has 0 aliphatic carbocycles. The van der Waals surface area contributed by atoms with Crippen LogP contribution in [0, 0.1) is 0 Å². The largest absolute Gasteiger partial charge is 0.465 e. The summed E-state index contributed by atoms with van der Waals surface area (Å²) in [5.41, 5.74) is 0.544. The second-order valence-electron chi connectivity index (χ2n) is 4.02. The number of unbranched alkanes of at least 4 members (excludes halogenated alkanes) is 1. The molecular weight excluding hydrogens is 278 g/mol. The molecule has 6 nitrogen and oxygen atoms in total. The smallest absolute Gasteiger partial charge is 0.404 e. The van der Waals surface area contributed by atoms with Crippen LogP contribution in [0.4, 0.5) is 4.79 Å². The highest BCUT2D eigenvalue weighted by Gasteiger charge is 2.06. The normalized spacial score (nSPS) is 9.60. The summed E-state index contributed by atoms with van der Waals surface area (Å²) in [5.74, 6) is -0.254. The Labute approximate surface area is 122 Å². The van der Waals surface area contributed by atoms with Crippen molar-refractivity contribution in [2.75, 3.05) is 13.1 Å². The van der Waals surface area contributed by atoms with E-state index in [9.17, 15) is 9.59 Å². The zero-order valence-corrected chi connectivity index (χ0v) is 11.7. The van der Waals surface area contributed by atoms with E-state index in [2.05, 4.69) is 16.0 Å². The third kappa shape index (κ3) is 6.69. The number of hydrogen-bond donors (Lipinski definition) is 4. The lowest BCUT2D eigenvalue weighted by Crippen LogP contribution is -2.39. The minimum atomic E-state index is -1.02. The fourth-order valence-corrected chi connectivity index (χ4v) is 1.65. The molecule has 0 aromatic heterocycles. The first-order valence-corrected chi connectivity index (χ1v) is 6.61. The predicted molar refractivity (Wildman–Crippen MR) is 79.8 cm³/mol. The molecule has 0 fully saturated rings. The number of benzene rings is 1. The van der Waals surface area contributed by atoms with Crippen molar-refractivity contribution in [3.63, 3.8) is 0 Å². The number of amides is 2. The second-order valence-corrected chi connectivity index (χ2v) is 4.42. The number of hydrogen-bond acceptors (Lipinski definition) is 3. The molecule has 0 unspecified atom stereocenters. The summed E-state index contributed by atoms with van der Waals surface area (Å²) in [5, 5.41) is 16.4. The lowest BCUT2D eigenvalue weighted by atomic mass is 10.2. The van der Waals surface area contributed by atoms with E-state index >= 15 is 0 Å². The van der Waals surface area contributed by atoms with Gasteiger partial charge in [-0.05, 0) is 37.2 Å². The topological polar surface area (TPSA) is 90.5 Å². The summed E-state index contributed by atoms with van der Waals surface area (Å²) in [6, 6.07) is 8.80. The van der Waals surface area contributed by atoms with Gasteiger partial charge in [0.1, 0.15) is 0 Å². The minimum Gasteiger partial charge on any atom is -0.465 e. The lowest BCUT2D eigenvalue weighted by molar-refractivity contribution is 0.0976. The van der Waals surface area contributed by atoms with Crippen molar-refractivity contribution >= 4 is 29.3 Å². The van der Waals surface area contributed by atoms with Crippen LogP contribution in [0.25, 0.3) is 0 Å². The number of carbonyl (C=O) groups is 2. The van der Waals surface area contributed by atoms with Gasteiger partial charge in [-0.1, -0.05) is 18.2 Å². The van der Waals surface area contributed by atoms with Crippen molar-refractivity contribution < 1.29 is 14.7 Å². The molecule has 20 heavy (non-hydrogen) atoms. The first-order chi connectivity index (χ1) is 9.59. The van der Waals surface area contributed by atoms with Crippen LogP contribution in [-0.2, 0) is 0 Å². The fourth-order valence-electron chi connectivity index (χ4n) is 1.46. The highest BCUT2D eigenvalue weighted by atomic mass is 32.1. The Kier molecular flexibility index (Phi) is 7.05. The van der Waals surface area contributed by atoms with Crippen LogP contribution in [0.1, 0.15) is 23.2 Å². The Morgan fingerprint density at radius 3 is 2.25 bits per heavy atom. The van der Waals surface area contributed by atoms with Gasteiger partial charge in [-0.2, -0.15) is 0 Å². The summed E-state index contributed by atoms with van der Waals surface area (Å²) in [7, 11) is 0. The summed E-state index contributed by atoms with van der Waals surface area (Å²) in [6.45, 7) is 0.981. The summed E-state index contributed by atoms with van der Waals surface area (Å²) < 4.78 is 0. The van der Waals surface area contributed by atoms with Crippen LogP contribution >= 0.6 is 12.2 Å². The van der Waals surface area contributed by atoms with Gasteiger partial charge in [0, 0.05) is 18.7 Å². The number of thiocarbonyl (C=S) groups is 1. The van der Waals surface area contributed by atoms with E-state index in [0.717, 1.165) is 6.42 Å².